The Morgan fingerprint density at radius 1 is 1.15 bits per heavy atom. The third-order valence-corrected chi connectivity index (χ3v) is 4.14. The van der Waals surface area contributed by atoms with Crippen molar-refractivity contribution < 1.29 is 0 Å². The molecule has 20 heavy (non-hydrogen) atoms. The highest BCUT2D eigenvalue weighted by Gasteiger charge is 2.05. The van der Waals surface area contributed by atoms with Crippen LogP contribution in [0.1, 0.15) is 5.69 Å². The molecule has 3 rings (SSSR count). The highest BCUT2D eigenvalue weighted by Crippen LogP contribution is 2.22. The maximum atomic E-state index is 4.60. The highest BCUT2D eigenvalue weighted by molar-refractivity contribution is 9.10. The van der Waals surface area contributed by atoms with Crippen molar-refractivity contribution in [2.24, 2.45) is 0 Å². The molecule has 1 N–H and O–H groups in total. The number of halogens is 1. The van der Waals surface area contributed by atoms with Crippen LogP contribution >= 0.6 is 27.3 Å². The summed E-state index contributed by atoms with van der Waals surface area (Å²) in [6.45, 7) is 0.708. The average molecular weight is 346 g/mol. The molecule has 0 amide bonds. The van der Waals surface area contributed by atoms with Crippen LogP contribution in [0.3, 0.4) is 0 Å². The molecule has 2 aromatic heterocycles. The zero-order chi connectivity index (χ0) is 13.8. The van der Waals surface area contributed by atoms with Crippen LogP contribution in [0, 0.1) is 0 Å². The van der Waals surface area contributed by atoms with Crippen molar-refractivity contribution >= 4 is 33.0 Å². The Bertz CT molecular complexity index is 697. The van der Waals surface area contributed by atoms with Gasteiger partial charge < -0.3 is 5.32 Å². The average Bonchev–Trinajstić information content (AvgIpc) is 2.95. The van der Waals surface area contributed by atoms with Gasteiger partial charge in [-0.25, -0.2) is 4.98 Å². The molecule has 3 aromatic rings. The Kier molecular flexibility index (Phi) is 4.08. The lowest BCUT2D eigenvalue weighted by Gasteiger charge is -2.04. The minimum absolute atomic E-state index is 0.708. The van der Waals surface area contributed by atoms with E-state index in [9.17, 15) is 0 Å². The molecule has 5 heteroatoms. The van der Waals surface area contributed by atoms with Crippen LogP contribution in [-0.2, 0) is 6.54 Å². The van der Waals surface area contributed by atoms with Crippen LogP contribution in [0.25, 0.3) is 10.7 Å². The van der Waals surface area contributed by atoms with Crippen LogP contribution in [-0.4, -0.2) is 9.97 Å². The van der Waals surface area contributed by atoms with Gasteiger partial charge in [-0.1, -0.05) is 28.1 Å². The summed E-state index contributed by atoms with van der Waals surface area (Å²) in [6.07, 6.45) is 1.79. The molecule has 1 aromatic carbocycles. The number of nitrogens with one attached hydrogen (secondary N) is 1. The van der Waals surface area contributed by atoms with Gasteiger partial charge in [-0.3, -0.25) is 4.98 Å². The van der Waals surface area contributed by atoms with Crippen LogP contribution < -0.4 is 5.32 Å². The number of anilines is 1. The fourth-order valence-electron chi connectivity index (χ4n) is 1.79. The van der Waals surface area contributed by atoms with Crippen LogP contribution in [0.2, 0.25) is 0 Å². The molecular formula is C15H12BrN3S. The molecule has 0 saturated carbocycles. The summed E-state index contributed by atoms with van der Waals surface area (Å²) in [4.78, 5) is 8.91. The predicted octanol–water partition coefficient (Wildman–Crippen LogP) is 4.58. The second-order valence-corrected chi connectivity index (χ2v) is 6.00. The van der Waals surface area contributed by atoms with E-state index in [1.807, 2.05) is 42.5 Å². The van der Waals surface area contributed by atoms with Gasteiger partial charge in [0.1, 0.15) is 5.01 Å². The molecule has 0 atom stereocenters. The van der Waals surface area contributed by atoms with Gasteiger partial charge in [0.05, 0.1) is 17.9 Å². The normalized spacial score (nSPS) is 10.4. The number of benzene rings is 1. The van der Waals surface area contributed by atoms with Gasteiger partial charge in [-0.05, 0) is 30.3 Å². The zero-order valence-electron chi connectivity index (χ0n) is 10.6. The van der Waals surface area contributed by atoms with E-state index in [1.54, 1.807) is 17.5 Å². The van der Waals surface area contributed by atoms with E-state index >= 15 is 0 Å². The van der Waals surface area contributed by atoms with E-state index in [0.717, 1.165) is 26.6 Å². The molecule has 0 spiro atoms. The van der Waals surface area contributed by atoms with Crippen LogP contribution in [0.4, 0.5) is 5.69 Å². The monoisotopic (exact) mass is 345 g/mol. The minimum atomic E-state index is 0.708. The first-order valence-corrected chi connectivity index (χ1v) is 7.84. The smallest absolute Gasteiger partial charge is 0.142 e. The van der Waals surface area contributed by atoms with Gasteiger partial charge in [0.25, 0.3) is 0 Å². The first-order chi connectivity index (χ1) is 9.81. The van der Waals surface area contributed by atoms with Gasteiger partial charge in [0, 0.05) is 21.7 Å². The number of pyridine rings is 1. The van der Waals surface area contributed by atoms with E-state index in [-0.39, 0.29) is 0 Å². The summed E-state index contributed by atoms with van der Waals surface area (Å²) in [5.41, 5.74) is 3.02. The lowest BCUT2D eigenvalue weighted by atomic mass is 10.3. The van der Waals surface area contributed by atoms with E-state index in [1.165, 1.54) is 0 Å². The number of rotatable bonds is 4. The van der Waals surface area contributed by atoms with Crippen molar-refractivity contribution in [3.05, 3.63) is 64.2 Å². The lowest BCUT2D eigenvalue weighted by molar-refractivity contribution is 1.07. The van der Waals surface area contributed by atoms with Crippen molar-refractivity contribution in [1.29, 1.82) is 0 Å². The van der Waals surface area contributed by atoms with E-state index < -0.39 is 0 Å². The zero-order valence-corrected chi connectivity index (χ0v) is 13.0. The quantitative estimate of drug-likeness (QED) is 0.751. The molecule has 2 heterocycles. The number of nitrogens with zero attached hydrogens (tertiary/aromatic N) is 2. The fourth-order valence-corrected chi connectivity index (χ4v) is 2.98. The summed E-state index contributed by atoms with van der Waals surface area (Å²) in [6, 6.07) is 14.0. The number of hydrogen-bond donors (Lipinski definition) is 1. The van der Waals surface area contributed by atoms with Gasteiger partial charge in [0.2, 0.25) is 0 Å². The second kappa shape index (κ2) is 6.15. The summed E-state index contributed by atoms with van der Waals surface area (Å²) >= 11 is 5.08. The third-order valence-electron chi connectivity index (χ3n) is 2.73. The number of thiazole rings is 1. The summed E-state index contributed by atoms with van der Waals surface area (Å²) in [5.74, 6) is 0. The standard InChI is InChI=1S/C15H12BrN3S/c16-11-4-3-5-12(8-11)18-9-13-10-20-15(19-13)14-6-1-2-7-17-14/h1-8,10,18H,9H2. The minimum Gasteiger partial charge on any atom is -0.379 e. The van der Waals surface area contributed by atoms with Gasteiger partial charge in [0.15, 0.2) is 0 Å². The van der Waals surface area contributed by atoms with Crippen LogP contribution in [0.5, 0.6) is 0 Å². The summed E-state index contributed by atoms with van der Waals surface area (Å²) in [5, 5.41) is 6.38. The van der Waals surface area contributed by atoms with Crippen LogP contribution in [0.15, 0.2) is 58.5 Å². The van der Waals surface area contributed by atoms with Gasteiger partial charge in [-0.15, -0.1) is 11.3 Å². The second-order valence-electron chi connectivity index (χ2n) is 4.22. The predicted molar refractivity (Wildman–Crippen MR) is 86.8 cm³/mol. The SMILES string of the molecule is Brc1cccc(NCc2csc(-c3ccccn3)n2)c1. The maximum absolute atomic E-state index is 4.60. The first-order valence-electron chi connectivity index (χ1n) is 6.16. The van der Waals surface area contributed by atoms with Crippen molar-refractivity contribution in [2.45, 2.75) is 6.54 Å². The largest absolute Gasteiger partial charge is 0.379 e. The highest BCUT2D eigenvalue weighted by atomic mass is 79.9. The number of hydrogen-bond acceptors (Lipinski definition) is 4. The van der Waals surface area contributed by atoms with Gasteiger partial charge >= 0.3 is 0 Å². The molecule has 100 valence electrons. The topological polar surface area (TPSA) is 37.8 Å². The van der Waals surface area contributed by atoms with Crippen molar-refractivity contribution in [3.8, 4) is 10.7 Å². The Balaban J connectivity index is 1.69. The third kappa shape index (κ3) is 3.23. The van der Waals surface area contributed by atoms with Crippen molar-refractivity contribution in [3.63, 3.8) is 0 Å². The molecule has 3 nitrogen and oxygen atoms in total. The van der Waals surface area contributed by atoms with E-state index in [0.29, 0.717) is 6.54 Å². The Labute approximate surface area is 129 Å². The molecular weight excluding hydrogens is 334 g/mol. The van der Waals surface area contributed by atoms with E-state index in [2.05, 4.69) is 36.6 Å². The Hall–Kier alpha value is -1.72. The van der Waals surface area contributed by atoms with Gasteiger partial charge in [-0.2, -0.15) is 0 Å². The molecule has 0 aliphatic rings. The Morgan fingerprint density at radius 2 is 2.10 bits per heavy atom. The molecule has 0 saturated heterocycles. The van der Waals surface area contributed by atoms with Crippen molar-refractivity contribution in [2.75, 3.05) is 5.32 Å². The lowest BCUT2D eigenvalue weighted by Crippen LogP contribution is -1.99. The fraction of sp³-hybridized carbons (Fsp3) is 0.0667. The molecule has 0 radical (unpaired) electrons. The Morgan fingerprint density at radius 3 is 2.90 bits per heavy atom. The molecule has 0 bridgehead atoms. The summed E-state index contributed by atoms with van der Waals surface area (Å²) in [7, 11) is 0. The molecule has 0 aliphatic carbocycles. The number of aromatic nitrogens is 2. The van der Waals surface area contributed by atoms with E-state index in [4.69, 9.17) is 0 Å². The first kappa shape index (κ1) is 13.3. The molecule has 0 fully saturated rings. The molecule has 0 aliphatic heterocycles. The molecule has 0 unspecified atom stereocenters. The summed E-state index contributed by atoms with van der Waals surface area (Å²) < 4.78 is 1.06. The maximum Gasteiger partial charge on any atom is 0.142 e. The van der Waals surface area contributed by atoms with Crippen molar-refractivity contribution in [1.82, 2.24) is 9.97 Å².